The topological polar surface area (TPSA) is 26.3 Å². The molecule has 0 aliphatic carbocycles. The van der Waals surface area contributed by atoms with Crippen molar-refractivity contribution >= 4 is 17.9 Å². The van der Waals surface area contributed by atoms with Crippen LogP contribution >= 0.6 is 11.6 Å². The molecule has 92 valence electrons. The van der Waals surface area contributed by atoms with Crippen molar-refractivity contribution in [2.75, 3.05) is 0 Å². The first-order valence-corrected chi connectivity index (χ1v) is 6.00. The van der Waals surface area contributed by atoms with Gasteiger partial charge in [0.05, 0.1) is 0 Å². The van der Waals surface area contributed by atoms with Gasteiger partial charge in [-0.25, -0.2) is 0 Å². The summed E-state index contributed by atoms with van der Waals surface area (Å²) in [7, 11) is 0. The molecule has 0 saturated heterocycles. The summed E-state index contributed by atoms with van der Waals surface area (Å²) in [4.78, 5) is 10.7. The van der Waals surface area contributed by atoms with Crippen LogP contribution < -0.4 is 4.74 Å². The van der Waals surface area contributed by atoms with Crippen molar-refractivity contribution in [3.63, 3.8) is 0 Å². The number of carbonyl (C=O) groups is 1. The van der Waals surface area contributed by atoms with Gasteiger partial charge in [0.1, 0.15) is 18.6 Å². The summed E-state index contributed by atoms with van der Waals surface area (Å²) in [5, 5.41) is 0.682. The van der Waals surface area contributed by atoms with Crippen LogP contribution in [0.3, 0.4) is 0 Å². The number of ether oxygens (including phenoxy) is 1. The molecule has 2 rings (SSSR count). The summed E-state index contributed by atoms with van der Waals surface area (Å²) < 4.78 is 5.70. The summed E-state index contributed by atoms with van der Waals surface area (Å²) in [5.74, 6) is 0.708. The first-order chi connectivity index (χ1) is 8.70. The van der Waals surface area contributed by atoms with Crippen LogP contribution in [0.5, 0.6) is 5.75 Å². The summed E-state index contributed by atoms with van der Waals surface area (Å²) >= 11 is 6.05. The number of aryl methyl sites for hydroxylation is 1. The molecule has 0 aliphatic heterocycles. The van der Waals surface area contributed by atoms with Gasteiger partial charge >= 0.3 is 0 Å². The van der Waals surface area contributed by atoms with E-state index < -0.39 is 0 Å². The Labute approximate surface area is 111 Å². The highest BCUT2D eigenvalue weighted by atomic mass is 35.5. The molecule has 0 aliphatic rings. The highest BCUT2D eigenvalue weighted by Crippen LogP contribution is 2.22. The zero-order valence-electron chi connectivity index (χ0n) is 10.0. The van der Waals surface area contributed by atoms with Gasteiger partial charge in [-0.2, -0.15) is 0 Å². The van der Waals surface area contributed by atoms with Gasteiger partial charge in [0.2, 0.25) is 0 Å². The third kappa shape index (κ3) is 2.90. The average Bonchev–Trinajstić information content (AvgIpc) is 2.39. The molecular formula is C15H13ClO2. The van der Waals surface area contributed by atoms with Gasteiger partial charge in [-0.3, -0.25) is 4.79 Å². The second-order valence-electron chi connectivity index (χ2n) is 4.02. The van der Waals surface area contributed by atoms with Crippen molar-refractivity contribution in [1.29, 1.82) is 0 Å². The molecule has 2 aromatic carbocycles. The van der Waals surface area contributed by atoms with Crippen LogP contribution in [0.2, 0.25) is 5.02 Å². The van der Waals surface area contributed by atoms with E-state index in [4.69, 9.17) is 16.3 Å². The fraction of sp³-hybridized carbons (Fsp3) is 0.133. The molecule has 3 heteroatoms. The Morgan fingerprint density at radius 1 is 1.22 bits per heavy atom. The molecule has 0 fully saturated rings. The zero-order valence-corrected chi connectivity index (χ0v) is 10.8. The second-order valence-corrected chi connectivity index (χ2v) is 4.43. The van der Waals surface area contributed by atoms with Gasteiger partial charge in [-0.1, -0.05) is 41.9 Å². The van der Waals surface area contributed by atoms with Crippen LogP contribution in [0, 0.1) is 6.92 Å². The molecule has 2 nitrogen and oxygen atoms in total. The van der Waals surface area contributed by atoms with E-state index in [9.17, 15) is 4.79 Å². The highest BCUT2D eigenvalue weighted by Gasteiger charge is 2.04. The maximum absolute atomic E-state index is 10.7. The monoisotopic (exact) mass is 260 g/mol. The number of aldehydes is 1. The standard InChI is InChI=1S/C15H13ClO2/c1-11-6-7-12(9-17)8-15(11)18-10-13-4-2-3-5-14(13)16/h2-9H,10H2,1H3. The SMILES string of the molecule is Cc1ccc(C=O)cc1OCc1ccccc1Cl. The van der Waals surface area contributed by atoms with E-state index in [-0.39, 0.29) is 0 Å². The van der Waals surface area contributed by atoms with E-state index >= 15 is 0 Å². The number of hydrogen-bond donors (Lipinski definition) is 0. The smallest absolute Gasteiger partial charge is 0.150 e. The van der Waals surface area contributed by atoms with Gasteiger partial charge in [0.15, 0.2) is 0 Å². The maximum atomic E-state index is 10.7. The lowest BCUT2D eigenvalue weighted by Gasteiger charge is -2.10. The number of rotatable bonds is 4. The fourth-order valence-electron chi connectivity index (χ4n) is 1.62. The Morgan fingerprint density at radius 2 is 2.00 bits per heavy atom. The molecule has 0 N–H and O–H groups in total. The van der Waals surface area contributed by atoms with Crippen LogP contribution in [-0.4, -0.2) is 6.29 Å². The van der Waals surface area contributed by atoms with E-state index in [1.807, 2.05) is 37.3 Å². The quantitative estimate of drug-likeness (QED) is 0.776. The molecule has 0 atom stereocenters. The molecule has 0 amide bonds. The van der Waals surface area contributed by atoms with Gasteiger partial charge in [-0.05, 0) is 24.6 Å². The summed E-state index contributed by atoms with van der Waals surface area (Å²) in [6.07, 6.45) is 0.807. The van der Waals surface area contributed by atoms with Crippen molar-refractivity contribution in [2.24, 2.45) is 0 Å². The first kappa shape index (κ1) is 12.7. The average molecular weight is 261 g/mol. The lowest BCUT2D eigenvalue weighted by molar-refractivity contribution is 0.112. The Kier molecular flexibility index (Phi) is 4.00. The minimum Gasteiger partial charge on any atom is -0.489 e. The molecule has 0 radical (unpaired) electrons. The van der Waals surface area contributed by atoms with Crippen molar-refractivity contribution < 1.29 is 9.53 Å². The van der Waals surface area contributed by atoms with Gasteiger partial charge in [0.25, 0.3) is 0 Å². The lowest BCUT2D eigenvalue weighted by atomic mass is 10.1. The predicted molar refractivity (Wildman–Crippen MR) is 72.4 cm³/mol. The Bertz CT molecular complexity index is 564. The molecule has 0 unspecified atom stereocenters. The molecule has 0 spiro atoms. The molecule has 0 bridgehead atoms. The van der Waals surface area contributed by atoms with Gasteiger partial charge in [0, 0.05) is 16.1 Å². The minimum atomic E-state index is 0.392. The van der Waals surface area contributed by atoms with Crippen LogP contribution in [0.15, 0.2) is 42.5 Å². The van der Waals surface area contributed by atoms with E-state index in [0.29, 0.717) is 22.9 Å². The van der Waals surface area contributed by atoms with Crippen LogP contribution in [0.4, 0.5) is 0 Å². The number of benzene rings is 2. The van der Waals surface area contributed by atoms with Crippen molar-refractivity contribution in [3.05, 3.63) is 64.2 Å². The van der Waals surface area contributed by atoms with Gasteiger partial charge in [-0.15, -0.1) is 0 Å². The minimum absolute atomic E-state index is 0.392. The van der Waals surface area contributed by atoms with E-state index in [0.717, 1.165) is 17.4 Å². The van der Waals surface area contributed by atoms with E-state index in [1.165, 1.54) is 0 Å². The second kappa shape index (κ2) is 5.69. The van der Waals surface area contributed by atoms with Crippen LogP contribution in [-0.2, 0) is 6.61 Å². The molecule has 0 saturated carbocycles. The predicted octanol–water partition coefficient (Wildman–Crippen LogP) is 4.04. The Hall–Kier alpha value is -1.80. The normalized spacial score (nSPS) is 10.1. The van der Waals surface area contributed by atoms with Crippen LogP contribution in [0.25, 0.3) is 0 Å². The van der Waals surface area contributed by atoms with E-state index in [1.54, 1.807) is 12.1 Å². The molecule has 18 heavy (non-hydrogen) atoms. The molecular weight excluding hydrogens is 248 g/mol. The van der Waals surface area contributed by atoms with Crippen molar-refractivity contribution in [1.82, 2.24) is 0 Å². The third-order valence-electron chi connectivity index (χ3n) is 2.69. The maximum Gasteiger partial charge on any atom is 0.150 e. The van der Waals surface area contributed by atoms with E-state index in [2.05, 4.69) is 0 Å². The molecule has 2 aromatic rings. The first-order valence-electron chi connectivity index (χ1n) is 5.63. The fourth-order valence-corrected chi connectivity index (χ4v) is 1.81. The van der Waals surface area contributed by atoms with Gasteiger partial charge < -0.3 is 4.74 Å². The molecule has 0 heterocycles. The third-order valence-corrected chi connectivity index (χ3v) is 3.06. The summed E-state index contributed by atoms with van der Waals surface area (Å²) in [5.41, 5.74) is 2.53. The number of hydrogen-bond acceptors (Lipinski definition) is 2. The van der Waals surface area contributed by atoms with Crippen LogP contribution in [0.1, 0.15) is 21.5 Å². The Balaban J connectivity index is 2.15. The van der Waals surface area contributed by atoms with Crippen molar-refractivity contribution in [2.45, 2.75) is 13.5 Å². The largest absolute Gasteiger partial charge is 0.489 e. The zero-order chi connectivity index (χ0) is 13.0. The summed E-state index contributed by atoms with van der Waals surface area (Å²) in [6, 6.07) is 12.9. The number of halogens is 1. The summed E-state index contributed by atoms with van der Waals surface area (Å²) in [6.45, 7) is 2.33. The Morgan fingerprint density at radius 3 is 2.72 bits per heavy atom. The molecule has 0 aromatic heterocycles. The lowest BCUT2D eigenvalue weighted by Crippen LogP contribution is -1.98. The highest BCUT2D eigenvalue weighted by molar-refractivity contribution is 6.31. The number of carbonyl (C=O) groups excluding carboxylic acids is 1. The van der Waals surface area contributed by atoms with Crippen molar-refractivity contribution in [3.8, 4) is 5.75 Å².